The van der Waals surface area contributed by atoms with Crippen LogP contribution in [0.4, 0.5) is 0 Å². The molecule has 0 bridgehead atoms. The van der Waals surface area contributed by atoms with Crippen LogP contribution in [0.15, 0.2) is 115 Å². The van der Waals surface area contributed by atoms with Crippen molar-refractivity contribution in [1.29, 1.82) is 0 Å². The van der Waals surface area contributed by atoms with Gasteiger partial charge >= 0.3 is 0 Å². The second-order valence-corrected chi connectivity index (χ2v) is 11.1. The van der Waals surface area contributed by atoms with Gasteiger partial charge in [-0.05, 0) is 81.5 Å². The van der Waals surface area contributed by atoms with Gasteiger partial charge in [-0.3, -0.25) is 4.79 Å². The van der Waals surface area contributed by atoms with Crippen molar-refractivity contribution in [3.05, 3.63) is 143 Å². The molecule has 5 aromatic rings. The van der Waals surface area contributed by atoms with E-state index in [-0.39, 0.29) is 11.2 Å². The number of carbonyl (C=O) groups is 1. The zero-order valence-electron chi connectivity index (χ0n) is 22.9. The van der Waals surface area contributed by atoms with Gasteiger partial charge in [-0.25, -0.2) is 0 Å². The summed E-state index contributed by atoms with van der Waals surface area (Å²) in [5, 5.41) is 0. The Bertz CT molecular complexity index is 1500. The zero-order chi connectivity index (χ0) is 26.9. The van der Waals surface area contributed by atoms with E-state index in [2.05, 4.69) is 107 Å². The van der Waals surface area contributed by atoms with Gasteiger partial charge in [0.05, 0.1) is 0 Å². The Hall–Kier alpha value is -4.23. The van der Waals surface area contributed by atoms with Crippen LogP contribution in [-0.4, -0.2) is 5.78 Å². The molecule has 188 valence electrons. The van der Waals surface area contributed by atoms with Gasteiger partial charge in [0.1, 0.15) is 0 Å². The van der Waals surface area contributed by atoms with E-state index >= 15 is 0 Å². The molecule has 0 aromatic heterocycles. The van der Waals surface area contributed by atoms with E-state index in [4.69, 9.17) is 0 Å². The molecule has 5 aromatic carbocycles. The van der Waals surface area contributed by atoms with Gasteiger partial charge in [-0.1, -0.05) is 124 Å². The molecule has 38 heavy (non-hydrogen) atoms. The van der Waals surface area contributed by atoms with Crippen molar-refractivity contribution >= 4 is 5.78 Å². The van der Waals surface area contributed by atoms with Crippen molar-refractivity contribution in [1.82, 2.24) is 0 Å². The predicted octanol–water partition coefficient (Wildman–Crippen LogP) is 9.83. The lowest BCUT2D eigenvalue weighted by Crippen LogP contribution is -2.15. The molecule has 0 aliphatic carbocycles. The highest BCUT2D eigenvalue weighted by atomic mass is 16.1. The average molecular weight is 495 g/mol. The first-order valence-corrected chi connectivity index (χ1v) is 13.2. The number of benzene rings is 5. The fourth-order valence-electron chi connectivity index (χ4n) is 5.25. The highest BCUT2D eigenvalue weighted by molar-refractivity contribution is 6.18. The van der Waals surface area contributed by atoms with Crippen LogP contribution in [0.1, 0.15) is 53.4 Å². The summed E-state index contributed by atoms with van der Waals surface area (Å²) in [5.41, 5.74) is 11.0. The smallest absolute Gasteiger partial charge is 0.194 e. The molecule has 0 aliphatic heterocycles. The van der Waals surface area contributed by atoms with Gasteiger partial charge in [0.15, 0.2) is 5.78 Å². The van der Waals surface area contributed by atoms with Crippen LogP contribution in [0.5, 0.6) is 0 Å². The van der Waals surface area contributed by atoms with Crippen LogP contribution in [-0.2, 0) is 5.41 Å². The normalized spacial score (nSPS) is 11.4. The maximum atomic E-state index is 14.7. The van der Waals surface area contributed by atoms with Crippen LogP contribution in [0.3, 0.4) is 0 Å². The molecule has 1 nitrogen and oxygen atoms in total. The molecule has 0 saturated carbocycles. The van der Waals surface area contributed by atoms with Crippen molar-refractivity contribution in [2.45, 2.75) is 40.0 Å². The van der Waals surface area contributed by atoms with E-state index in [1.165, 1.54) is 5.56 Å². The summed E-state index contributed by atoms with van der Waals surface area (Å²) in [6, 6.07) is 39.7. The standard InChI is InChI=1S/C37H34O/c1-25-21-31(37(3,4)5)22-26(2)34(25)36(38)35-32(28-17-11-7-12-18-28)23-30(27-15-9-6-10-16-27)24-33(35)29-19-13-8-14-20-29/h6-24H,1-5H3. The van der Waals surface area contributed by atoms with Crippen LogP contribution in [0, 0.1) is 13.8 Å². The Morgan fingerprint density at radius 3 is 1.29 bits per heavy atom. The topological polar surface area (TPSA) is 17.1 Å². The van der Waals surface area contributed by atoms with Gasteiger partial charge in [-0.15, -0.1) is 0 Å². The Morgan fingerprint density at radius 1 is 0.500 bits per heavy atom. The largest absolute Gasteiger partial charge is 0.289 e. The molecule has 1 heteroatoms. The molecule has 0 aliphatic rings. The first kappa shape index (κ1) is 25.4. The second-order valence-electron chi connectivity index (χ2n) is 11.1. The summed E-state index contributed by atoms with van der Waals surface area (Å²) >= 11 is 0. The molecule has 0 amide bonds. The Kier molecular flexibility index (Phi) is 6.87. The lowest BCUT2D eigenvalue weighted by Gasteiger charge is -2.23. The molecular weight excluding hydrogens is 460 g/mol. The molecule has 0 saturated heterocycles. The summed E-state index contributed by atoms with van der Waals surface area (Å²) in [7, 11) is 0. The number of hydrogen-bond acceptors (Lipinski definition) is 1. The molecule has 0 fully saturated rings. The molecule has 0 atom stereocenters. The molecule has 0 unspecified atom stereocenters. The van der Waals surface area contributed by atoms with Crippen molar-refractivity contribution < 1.29 is 4.79 Å². The van der Waals surface area contributed by atoms with Crippen molar-refractivity contribution in [2.24, 2.45) is 0 Å². The number of rotatable bonds is 5. The minimum Gasteiger partial charge on any atom is -0.289 e. The molecule has 5 rings (SSSR count). The van der Waals surface area contributed by atoms with E-state index in [0.717, 1.165) is 55.6 Å². The first-order valence-electron chi connectivity index (χ1n) is 13.2. The van der Waals surface area contributed by atoms with Crippen molar-refractivity contribution in [3.8, 4) is 33.4 Å². The maximum Gasteiger partial charge on any atom is 0.194 e. The SMILES string of the molecule is Cc1cc(C(C)(C)C)cc(C)c1C(=O)c1c(-c2ccccc2)cc(-c2ccccc2)cc1-c1ccccc1. The van der Waals surface area contributed by atoms with Crippen LogP contribution < -0.4 is 0 Å². The van der Waals surface area contributed by atoms with Gasteiger partial charge in [0, 0.05) is 11.1 Å². The van der Waals surface area contributed by atoms with Gasteiger partial charge in [0.2, 0.25) is 0 Å². The fraction of sp³-hybridized carbons (Fsp3) is 0.162. The number of aryl methyl sites for hydroxylation is 2. The molecular formula is C37H34O. The third kappa shape index (κ3) is 4.97. The molecule has 0 radical (unpaired) electrons. The second kappa shape index (κ2) is 10.3. The third-order valence-electron chi connectivity index (χ3n) is 7.27. The number of carbonyl (C=O) groups excluding carboxylic acids is 1. The van der Waals surface area contributed by atoms with Crippen molar-refractivity contribution in [2.75, 3.05) is 0 Å². The lowest BCUT2D eigenvalue weighted by molar-refractivity contribution is 0.103. The fourth-order valence-corrected chi connectivity index (χ4v) is 5.25. The summed E-state index contributed by atoms with van der Waals surface area (Å²) in [6.07, 6.45) is 0. The predicted molar refractivity (Wildman–Crippen MR) is 161 cm³/mol. The Morgan fingerprint density at radius 2 is 0.895 bits per heavy atom. The quantitative estimate of drug-likeness (QED) is 0.222. The third-order valence-corrected chi connectivity index (χ3v) is 7.27. The number of ketones is 1. The molecule has 0 spiro atoms. The maximum absolute atomic E-state index is 14.7. The van der Waals surface area contributed by atoms with E-state index in [0.29, 0.717) is 0 Å². The lowest BCUT2D eigenvalue weighted by atomic mass is 9.80. The van der Waals surface area contributed by atoms with Crippen LogP contribution >= 0.6 is 0 Å². The van der Waals surface area contributed by atoms with E-state index in [9.17, 15) is 4.79 Å². The van der Waals surface area contributed by atoms with Crippen LogP contribution in [0.2, 0.25) is 0 Å². The summed E-state index contributed by atoms with van der Waals surface area (Å²) in [5.74, 6) is 0.0674. The Balaban J connectivity index is 1.83. The minimum absolute atomic E-state index is 0.0127. The van der Waals surface area contributed by atoms with Gasteiger partial charge in [0.25, 0.3) is 0 Å². The highest BCUT2D eigenvalue weighted by Crippen LogP contribution is 2.40. The Labute approximate surface area is 226 Å². The first-order chi connectivity index (χ1) is 18.2. The molecule has 0 N–H and O–H groups in total. The van der Waals surface area contributed by atoms with E-state index < -0.39 is 0 Å². The molecule has 0 heterocycles. The van der Waals surface area contributed by atoms with Crippen LogP contribution in [0.25, 0.3) is 33.4 Å². The zero-order valence-corrected chi connectivity index (χ0v) is 22.9. The summed E-state index contributed by atoms with van der Waals surface area (Å²) in [6.45, 7) is 10.8. The summed E-state index contributed by atoms with van der Waals surface area (Å²) in [4.78, 5) is 14.7. The van der Waals surface area contributed by atoms with Crippen molar-refractivity contribution in [3.63, 3.8) is 0 Å². The average Bonchev–Trinajstić information content (AvgIpc) is 2.93. The van der Waals surface area contributed by atoms with E-state index in [1.807, 2.05) is 42.5 Å². The number of hydrogen-bond donors (Lipinski definition) is 0. The minimum atomic E-state index is 0.0127. The van der Waals surface area contributed by atoms with Gasteiger partial charge < -0.3 is 0 Å². The highest BCUT2D eigenvalue weighted by Gasteiger charge is 2.26. The monoisotopic (exact) mass is 494 g/mol. The van der Waals surface area contributed by atoms with Gasteiger partial charge in [-0.2, -0.15) is 0 Å². The summed E-state index contributed by atoms with van der Waals surface area (Å²) < 4.78 is 0. The van der Waals surface area contributed by atoms with E-state index in [1.54, 1.807) is 0 Å².